The van der Waals surface area contributed by atoms with Gasteiger partial charge < -0.3 is 14.4 Å². The first-order valence-electron chi connectivity index (χ1n) is 6.22. The molecule has 2 N–H and O–H groups in total. The summed E-state index contributed by atoms with van der Waals surface area (Å²) in [5.74, 6) is 0.664. The van der Waals surface area contributed by atoms with Crippen LogP contribution in [0.3, 0.4) is 0 Å². The molecule has 5 heteroatoms. The summed E-state index contributed by atoms with van der Waals surface area (Å²) in [4.78, 5) is 11.5. The Morgan fingerprint density at radius 2 is 2.16 bits per heavy atom. The number of fused-ring (bicyclic) bond motifs is 1. The fraction of sp³-hybridized carbons (Fsp3) is 0.357. The Hall–Kier alpha value is -1.85. The van der Waals surface area contributed by atoms with Gasteiger partial charge in [-0.2, -0.15) is 0 Å². The Morgan fingerprint density at radius 3 is 2.89 bits per heavy atom. The lowest BCUT2D eigenvalue weighted by Crippen LogP contribution is -2.09. The Kier molecular flexibility index (Phi) is 4.54. The summed E-state index contributed by atoms with van der Waals surface area (Å²) in [5, 5.41) is 9.44. The quantitative estimate of drug-likeness (QED) is 0.474. The molecule has 1 aromatic carbocycles. The van der Waals surface area contributed by atoms with E-state index in [1.165, 1.54) is 6.07 Å². The van der Waals surface area contributed by atoms with Gasteiger partial charge in [-0.15, -0.1) is 0 Å². The minimum atomic E-state index is -0.351. The van der Waals surface area contributed by atoms with Crippen LogP contribution in [0.2, 0.25) is 0 Å². The fourth-order valence-electron chi connectivity index (χ4n) is 2.06. The molecule has 0 aliphatic heterocycles. The first-order valence-corrected chi connectivity index (χ1v) is 6.22. The number of hydrogen-bond donors (Lipinski definition) is 2. The second kappa shape index (κ2) is 6.36. The number of rotatable bonds is 6. The van der Waals surface area contributed by atoms with Gasteiger partial charge in [0, 0.05) is 24.1 Å². The van der Waals surface area contributed by atoms with Crippen LogP contribution < -0.4 is 15.8 Å². The predicted octanol–water partition coefficient (Wildman–Crippen LogP) is 2.10. The van der Waals surface area contributed by atoms with Crippen molar-refractivity contribution in [3.05, 3.63) is 40.2 Å². The molecule has 0 spiro atoms. The topological polar surface area (TPSA) is 71.7 Å². The van der Waals surface area contributed by atoms with Crippen LogP contribution >= 0.6 is 0 Å². The zero-order chi connectivity index (χ0) is 13.7. The molecule has 19 heavy (non-hydrogen) atoms. The molecule has 0 fully saturated rings. The number of hydrogen-bond acceptors (Lipinski definition) is 5. The summed E-state index contributed by atoms with van der Waals surface area (Å²) in [6.45, 7) is 0.549. The van der Waals surface area contributed by atoms with E-state index in [0.29, 0.717) is 17.9 Å². The summed E-state index contributed by atoms with van der Waals surface area (Å²) in [5.41, 5.74) is 3.28. The van der Waals surface area contributed by atoms with E-state index in [-0.39, 0.29) is 5.63 Å². The van der Waals surface area contributed by atoms with Gasteiger partial charge in [-0.3, -0.25) is 0 Å². The first-order chi connectivity index (χ1) is 9.24. The maximum Gasteiger partial charge on any atom is 0.336 e. The van der Waals surface area contributed by atoms with Crippen LogP contribution in [0.4, 0.5) is 0 Å². The molecule has 102 valence electrons. The standard InChI is InChI=1S/C14H17NO4/c1-18-11-5-6-12-10(4-2-3-7-15-17)8-14(16)19-13(12)9-11/h5-6,8-9,15,17H,2-4,7H2,1H3. The Bertz CT molecular complexity index is 606. The van der Waals surface area contributed by atoms with Gasteiger partial charge >= 0.3 is 5.63 Å². The van der Waals surface area contributed by atoms with Crippen LogP contribution in [0.5, 0.6) is 5.75 Å². The summed E-state index contributed by atoms with van der Waals surface area (Å²) in [6.07, 6.45) is 2.50. The molecule has 1 heterocycles. The van der Waals surface area contributed by atoms with Gasteiger partial charge in [-0.1, -0.05) is 0 Å². The van der Waals surface area contributed by atoms with Gasteiger partial charge in [0.05, 0.1) is 7.11 Å². The Balaban J connectivity index is 2.29. The van der Waals surface area contributed by atoms with Crippen molar-refractivity contribution in [1.29, 1.82) is 0 Å². The molecule has 0 aliphatic carbocycles. The third-order valence-electron chi connectivity index (χ3n) is 3.02. The number of benzene rings is 1. The molecule has 0 saturated heterocycles. The highest BCUT2D eigenvalue weighted by atomic mass is 16.5. The molecular weight excluding hydrogens is 246 g/mol. The molecule has 2 rings (SSSR count). The number of unbranched alkanes of at least 4 members (excludes halogenated alkanes) is 1. The van der Waals surface area contributed by atoms with Crippen molar-refractivity contribution in [3.63, 3.8) is 0 Å². The first kappa shape index (κ1) is 13.6. The highest BCUT2D eigenvalue weighted by Crippen LogP contribution is 2.23. The second-order valence-corrected chi connectivity index (χ2v) is 4.32. The minimum Gasteiger partial charge on any atom is -0.497 e. The number of hydroxylamine groups is 1. The van der Waals surface area contributed by atoms with Gasteiger partial charge in [-0.05, 0) is 37.0 Å². The van der Waals surface area contributed by atoms with E-state index in [9.17, 15) is 4.79 Å². The van der Waals surface area contributed by atoms with Crippen molar-refractivity contribution >= 4 is 11.0 Å². The van der Waals surface area contributed by atoms with Gasteiger partial charge in [0.15, 0.2) is 0 Å². The van der Waals surface area contributed by atoms with E-state index < -0.39 is 0 Å². The molecule has 0 amide bonds. The predicted molar refractivity (Wildman–Crippen MR) is 71.8 cm³/mol. The lowest BCUT2D eigenvalue weighted by Gasteiger charge is -2.06. The summed E-state index contributed by atoms with van der Waals surface area (Å²) < 4.78 is 10.3. The van der Waals surface area contributed by atoms with Crippen molar-refractivity contribution in [2.24, 2.45) is 0 Å². The average Bonchev–Trinajstić information content (AvgIpc) is 2.42. The number of methoxy groups -OCH3 is 1. The monoisotopic (exact) mass is 263 g/mol. The summed E-state index contributed by atoms with van der Waals surface area (Å²) in [6, 6.07) is 6.99. The fourth-order valence-corrected chi connectivity index (χ4v) is 2.06. The minimum absolute atomic E-state index is 0.351. The third-order valence-corrected chi connectivity index (χ3v) is 3.02. The van der Waals surface area contributed by atoms with Crippen molar-refractivity contribution in [1.82, 2.24) is 5.48 Å². The van der Waals surface area contributed by atoms with Gasteiger partial charge in [0.2, 0.25) is 0 Å². The van der Waals surface area contributed by atoms with E-state index in [1.54, 1.807) is 13.2 Å². The maximum atomic E-state index is 11.5. The van der Waals surface area contributed by atoms with Crippen molar-refractivity contribution in [2.75, 3.05) is 13.7 Å². The molecule has 0 bridgehead atoms. The smallest absolute Gasteiger partial charge is 0.336 e. The Morgan fingerprint density at radius 1 is 1.32 bits per heavy atom. The molecule has 0 aliphatic rings. The number of ether oxygens (including phenoxy) is 1. The van der Waals surface area contributed by atoms with Crippen LogP contribution in [-0.2, 0) is 6.42 Å². The van der Waals surface area contributed by atoms with E-state index >= 15 is 0 Å². The average molecular weight is 263 g/mol. The lowest BCUT2D eigenvalue weighted by atomic mass is 10.0. The van der Waals surface area contributed by atoms with E-state index in [2.05, 4.69) is 5.48 Å². The van der Waals surface area contributed by atoms with Crippen molar-refractivity contribution < 1.29 is 14.4 Å². The van der Waals surface area contributed by atoms with Gasteiger partial charge in [0.1, 0.15) is 11.3 Å². The van der Waals surface area contributed by atoms with E-state index in [4.69, 9.17) is 14.4 Å². The molecule has 2 aromatic rings. The van der Waals surface area contributed by atoms with Crippen LogP contribution in [0.15, 0.2) is 33.5 Å². The number of aryl methyl sites for hydroxylation is 1. The normalized spacial score (nSPS) is 10.8. The molecular formula is C14H17NO4. The molecule has 0 atom stereocenters. The van der Waals surface area contributed by atoms with Crippen molar-refractivity contribution in [3.8, 4) is 5.75 Å². The second-order valence-electron chi connectivity index (χ2n) is 4.32. The van der Waals surface area contributed by atoms with Crippen LogP contribution in [0.25, 0.3) is 11.0 Å². The molecule has 0 saturated carbocycles. The number of nitrogens with one attached hydrogen (secondary N) is 1. The largest absolute Gasteiger partial charge is 0.497 e. The molecule has 0 radical (unpaired) electrons. The van der Waals surface area contributed by atoms with Crippen LogP contribution in [0.1, 0.15) is 18.4 Å². The lowest BCUT2D eigenvalue weighted by molar-refractivity contribution is 0.165. The zero-order valence-corrected chi connectivity index (χ0v) is 10.8. The third kappa shape index (κ3) is 3.33. The highest BCUT2D eigenvalue weighted by Gasteiger charge is 2.06. The Labute approximate surface area is 110 Å². The summed E-state index contributed by atoms with van der Waals surface area (Å²) >= 11 is 0. The zero-order valence-electron chi connectivity index (χ0n) is 10.8. The summed E-state index contributed by atoms with van der Waals surface area (Å²) in [7, 11) is 1.57. The highest BCUT2D eigenvalue weighted by molar-refractivity contribution is 5.81. The molecule has 0 unspecified atom stereocenters. The molecule has 5 nitrogen and oxygen atoms in total. The maximum absolute atomic E-state index is 11.5. The van der Waals surface area contributed by atoms with Crippen LogP contribution in [0, 0.1) is 0 Å². The SMILES string of the molecule is COc1ccc2c(CCCCNO)cc(=O)oc2c1. The van der Waals surface area contributed by atoms with Gasteiger partial charge in [-0.25, -0.2) is 10.3 Å². The molecule has 1 aromatic heterocycles. The van der Waals surface area contributed by atoms with Crippen molar-refractivity contribution in [2.45, 2.75) is 19.3 Å². The van der Waals surface area contributed by atoms with E-state index in [0.717, 1.165) is 30.2 Å². The van der Waals surface area contributed by atoms with Crippen LogP contribution in [-0.4, -0.2) is 18.9 Å². The van der Waals surface area contributed by atoms with Gasteiger partial charge in [0.25, 0.3) is 0 Å². The van der Waals surface area contributed by atoms with E-state index in [1.807, 2.05) is 12.1 Å².